The molecule has 11 rings (SSSR count). The van der Waals surface area contributed by atoms with Crippen LogP contribution < -0.4 is 24.6 Å². The number of fused-ring (bicyclic) bond motifs is 2. The Balaban J connectivity index is 0.839. The third kappa shape index (κ3) is 8.25. The first-order chi connectivity index (χ1) is 32.0. The summed E-state index contributed by atoms with van der Waals surface area (Å²) in [4.78, 5) is 40.8. The molecule has 1 spiro atoms. The third-order valence-corrected chi connectivity index (χ3v) is 16.7. The minimum Gasteiger partial charge on any atom is -0.471 e. The number of carbonyl (C=O) groups is 1. The molecule has 0 radical (unpaired) electrons. The van der Waals surface area contributed by atoms with E-state index < -0.39 is 20.9 Å². The van der Waals surface area contributed by atoms with Crippen LogP contribution in [0.15, 0.2) is 83.9 Å². The number of nitro groups is 1. The fourth-order valence-electron chi connectivity index (χ4n) is 11.6. The van der Waals surface area contributed by atoms with E-state index in [4.69, 9.17) is 14.5 Å². The van der Waals surface area contributed by atoms with Crippen LogP contribution in [0.25, 0.3) is 11.0 Å². The van der Waals surface area contributed by atoms with E-state index in [1.54, 1.807) is 17.2 Å². The second kappa shape index (κ2) is 17.2. The van der Waals surface area contributed by atoms with E-state index in [1.807, 2.05) is 42.3 Å². The topological polar surface area (TPSA) is 175 Å². The molecule has 3 N–H and O–H groups in total. The minimum atomic E-state index is -4.55. The molecule has 4 aliphatic heterocycles. The van der Waals surface area contributed by atoms with Crippen molar-refractivity contribution in [1.29, 1.82) is 0 Å². The first kappa shape index (κ1) is 42.9. The van der Waals surface area contributed by atoms with Crippen molar-refractivity contribution in [2.45, 2.75) is 100 Å². The fourth-order valence-corrected chi connectivity index (χ4v) is 12.5. The van der Waals surface area contributed by atoms with Gasteiger partial charge in [-0.25, -0.2) is 13.1 Å². The molecule has 16 heteroatoms. The summed E-state index contributed by atoms with van der Waals surface area (Å²) in [6, 6.07) is 23.5. The van der Waals surface area contributed by atoms with Crippen LogP contribution >= 0.6 is 0 Å². The molecule has 15 nitrogen and oxygen atoms in total. The number of rotatable bonds is 12. The number of anilines is 4. The maximum absolute atomic E-state index is 14.4. The van der Waals surface area contributed by atoms with Crippen LogP contribution in [0.4, 0.5) is 28.4 Å². The van der Waals surface area contributed by atoms with Gasteiger partial charge in [-0.2, -0.15) is 4.98 Å². The van der Waals surface area contributed by atoms with Crippen LogP contribution in [0.1, 0.15) is 105 Å². The zero-order chi connectivity index (χ0) is 45.2. The van der Waals surface area contributed by atoms with Gasteiger partial charge < -0.3 is 29.6 Å². The summed E-state index contributed by atoms with van der Waals surface area (Å²) < 4.78 is 41.8. The normalized spacial score (nSPS) is 22.5. The Morgan fingerprint density at radius 2 is 1.73 bits per heavy atom. The van der Waals surface area contributed by atoms with Gasteiger partial charge in [-0.3, -0.25) is 19.8 Å². The predicted octanol–water partition coefficient (Wildman–Crippen LogP) is 8.81. The molecule has 2 aromatic heterocycles. The van der Waals surface area contributed by atoms with Crippen LogP contribution in [0.3, 0.4) is 0 Å². The van der Waals surface area contributed by atoms with E-state index in [0.29, 0.717) is 66.7 Å². The molecule has 6 aliphatic rings. The van der Waals surface area contributed by atoms with Gasteiger partial charge in [-0.05, 0) is 149 Å². The van der Waals surface area contributed by atoms with Gasteiger partial charge in [-0.1, -0.05) is 24.3 Å². The highest BCUT2D eigenvalue weighted by Gasteiger charge is 2.50. The molecule has 6 heterocycles. The highest BCUT2D eigenvalue weighted by molar-refractivity contribution is 7.90. The second-order valence-electron chi connectivity index (χ2n) is 19.6. The Hall–Kier alpha value is -5.71. The summed E-state index contributed by atoms with van der Waals surface area (Å²) in [6.45, 7) is 7.01. The van der Waals surface area contributed by atoms with Gasteiger partial charge in [0, 0.05) is 68.3 Å². The number of benzene rings is 3. The number of ether oxygens (including phenoxy) is 2. The molecule has 1 unspecified atom stereocenters. The van der Waals surface area contributed by atoms with Gasteiger partial charge in [0.25, 0.3) is 21.6 Å². The number of nitro benzene ring substituents is 1. The molecule has 3 saturated heterocycles. The molecule has 0 bridgehead atoms. The average Bonchev–Trinajstić information content (AvgIpc) is 3.87. The van der Waals surface area contributed by atoms with Crippen molar-refractivity contribution in [3.8, 4) is 5.88 Å². The van der Waals surface area contributed by atoms with Crippen LogP contribution in [-0.4, -0.2) is 92.2 Å². The van der Waals surface area contributed by atoms with E-state index in [9.17, 15) is 23.3 Å². The van der Waals surface area contributed by atoms with Crippen molar-refractivity contribution in [3.05, 3.63) is 106 Å². The van der Waals surface area contributed by atoms with Gasteiger partial charge in [0.1, 0.15) is 23.1 Å². The number of likely N-dealkylation sites (tertiary alicyclic amines) is 1. The number of H-pyrrole nitrogens is 1. The number of aromatic nitrogens is 2. The number of amides is 1. The average molecular weight is 915 g/mol. The van der Waals surface area contributed by atoms with E-state index >= 15 is 0 Å². The third-order valence-electron chi connectivity index (χ3n) is 15.3. The SMILES string of the molecule is C[C@@H]1CN(c2cc(N3CCC4(CC3)CC(N3CCCC3c3ccccc3C3CC3)C4)ccc2C(=O)NS(=O)(=O)c2ccc(NCC3CCOCC3)c([N+](=O)[O-])c2)c2cc3cc[nH]c3nc2O1. The van der Waals surface area contributed by atoms with E-state index in [1.165, 1.54) is 57.2 Å². The van der Waals surface area contributed by atoms with Crippen molar-refractivity contribution in [2.24, 2.45) is 11.3 Å². The summed E-state index contributed by atoms with van der Waals surface area (Å²) in [6.07, 6.45) is 12.9. The number of carbonyl (C=O) groups excluding carboxylic acids is 1. The summed E-state index contributed by atoms with van der Waals surface area (Å²) >= 11 is 0. The number of pyridine rings is 1. The van der Waals surface area contributed by atoms with Crippen molar-refractivity contribution >= 4 is 55.4 Å². The summed E-state index contributed by atoms with van der Waals surface area (Å²) in [7, 11) is -4.55. The predicted molar refractivity (Wildman–Crippen MR) is 253 cm³/mol. The lowest BCUT2D eigenvalue weighted by Gasteiger charge is -2.56. The highest BCUT2D eigenvalue weighted by atomic mass is 32.2. The van der Waals surface area contributed by atoms with Crippen LogP contribution in [-0.2, 0) is 14.8 Å². The quantitative estimate of drug-likeness (QED) is 0.0803. The van der Waals surface area contributed by atoms with Crippen molar-refractivity contribution in [3.63, 3.8) is 0 Å². The smallest absolute Gasteiger partial charge is 0.293 e. The number of hydrogen-bond acceptors (Lipinski definition) is 12. The number of nitrogens with zero attached hydrogens (tertiary/aromatic N) is 5. The Bertz CT molecular complexity index is 2770. The molecule has 2 aliphatic carbocycles. The first-order valence-corrected chi connectivity index (χ1v) is 25.3. The van der Waals surface area contributed by atoms with Crippen LogP contribution in [0.5, 0.6) is 5.88 Å². The van der Waals surface area contributed by atoms with E-state index in [0.717, 1.165) is 61.8 Å². The number of piperidine rings is 1. The zero-order valence-electron chi connectivity index (χ0n) is 37.4. The van der Waals surface area contributed by atoms with Gasteiger partial charge in [-0.15, -0.1) is 0 Å². The zero-order valence-corrected chi connectivity index (χ0v) is 38.2. The monoisotopic (exact) mass is 914 g/mol. The van der Waals surface area contributed by atoms with Gasteiger partial charge in [0.2, 0.25) is 5.88 Å². The van der Waals surface area contributed by atoms with Crippen molar-refractivity contribution in [2.75, 3.05) is 61.1 Å². The van der Waals surface area contributed by atoms with E-state index in [2.05, 4.69) is 49.1 Å². The van der Waals surface area contributed by atoms with Gasteiger partial charge >= 0.3 is 0 Å². The molecule has 1 amide bonds. The summed E-state index contributed by atoms with van der Waals surface area (Å²) in [5.74, 6) is 0.580. The lowest BCUT2D eigenvalue weighted by atomic mass is 9.59. The number of hydrogen-bond donors (Lipinski definition) is 3. The lowest BCUT2D eigenvalue weighted by Crippen LogP contribution is -2.55. The lowest BCUT2D eigenvalue weighted by molar-refractivity contribution is -0.384. The summed E-state index contributed by atoms with van der Waals surface area (Å²) in [5.41, 5.74) is 6.22. The molecule has 5 fully saturated rings. The number of sulfonamides is 1. The maximum atomic E-state index is 14.4. The molecule has 2 atom stereocenters. The second-order valence-corrected chi connectivity index (χ2v) is 21.3. The van der Waals surface area contributed by atoms with Crippen molar-refractivity contribution in [1.82, 2.24) is 19.6 Å². The molecule has 3 aromatic carbocycles. The number of aromatic amines is 1. The highest BCUT2D eigenvalue weighted by Crippen LogP contribution is 2.55. The Kier molecular flexibility index (Phi) is 11.2. The van der Waals surface area contributed by atoms with Gasteiger partial charge in [0.15, 0.2) is 0 Å². The minimum absolute atomic E-state index is 0.138. The van der Waals surface area contributed by atoms with Crippen molar-refractivity contribution < 1.29 is 27.6 Å². The summed E-state index contributed by atoms with van der Waals surface area (Å²) in [5, 5.41) is 16.2. The fraction of sp³-hybridized carbons (Fsp3) is 0.480. The molecular weight excluding hydrogens is 857 g/mol. The number of nitrogens with one attached hydrogen (secondary N) is 3. The molecule has 2 saturated carbocycles. The largest absolute Gasteiger partial charge is 0.471 e. The molecular formula is C50H58N8O7S. The molecule has 346 valence electrons. The van der Waals surface area contributed by atoms with Crippen LogP contribution in [0, 0.1) is 21.4 Å². The van der Waals surface area contributed by atoms with Gasteiger partial charge in [0.05, 0.1) is 27.6 Å². The van der Waals surface area contributed by atoms with E-state index in [-0.39, 0.29) is 33.9 Å². The Labute approximate surface area is 385 Å². The Morgan fingerprint density at radius 3 is 2.50 bits per heavy atom. The molecule has 66 heavy (non-hydrogen) atoms. The first-order valence-electron chi connectivity index (χ1n) is 23.8. The standard InChI is InChI=1S/C50H58N8O7S/c1-32-31-57(46-25-35-14-19-51-47(35)53-49(46)65-32)44-26-36(55-21-17-50(18-22-55)28-37(29-50)56-20-4-7-43(56)40-6-3-2-5-39(40)34-8-9-34)10-12-41(44)48(59)54-66(62,63)38-11-13-42(45(27-38)58(60)61)52-30-33-15-23-64-24-16-33/h2-3,5-6,10-14,19,25-27,32-34,37,43,52H,4,7-9,15-18,20-24,28-31H2,1H3,(H,51,53)(H,54,59)/t32-,43?/m1/s1. The van der Waals surface area contributed by atoms with Crippen LogP contribution in [0.2, 0.25) is 0 Å². The molecule has 5 aromatic rings. The Morgan fingerprint density at radius 1 is 0.939 bits per heavy atom. The maximum Gasteiger partial charge on any atom is 0.293 e.